The first kappa shape index (κ1) is 14.6. The van der Waals surface area contributed by atoms with Crippen LogP contribution in [0.25, 0.3) is 0 Å². The Morgan fingerprint density at radius 3 is 2.64 bits per heavy atom. The molecule has 3 N–H and O–H groups in total. The maximum Gasteiger partial charge on any atom is 0.278 e. The van der Waals surface area contributed by atoms with Gasteiger partial charge in [0, 0.05) is 18.5 Å². The Morgan fingerprint density at radius 1 is 1.18 bits per heavy atom. The van der Waals surface area contributed by atoms with Crippen LogP contribution < -0.4 is 15.4 Å². The Bertz CT molecular complexity index is 652. The number of benzene rings is 2. The average Bonchev–Trinajstić information content (AvgIpc) is 2.59. The monoisotopic (exact) mass is 297 g/mol. The van der Waals surface area contributed by atoms with Gasteiger partial charge in [0.05, 0.1) is 7.11 Å². The van der Waals surface area contributed by atoms with E-state index in [1.54, 1.807) is 7.11 Å². The SMILES string of the molecule is COc1ccc(CNC(=O)[C@@H]2Cc3ccccc3C[NH2+]2)cc1. The number of rotatable bonds is 4. The minimum Gasteiger partial charge on any atom is -0.497 e. The first-order chi connectivity index (χ1) is 10.8. The molecular weight excluding hydrogens is 276 g/mol. The lowest BCUT2D eigenvalue weighted by atomic mass is 9.95. The number of ether oxygens (including phenoxy) is 1. The van der Waals surface area contributed by atoms with Crippen LogP contribution in [0.4, 0.5) is 0 Å². The zero-order valence-corrected chi connectivity index (χ0v) is 12.7. The molecule has 0 saturated heterocycles. The summed E-state index contributed by atoms with van der Waals surface area (Å²) < 4.78 is 5.13. The Morgan fingerprint density at radius 2 is 1.91 bits per heavy atom. The lowest BCUT2D eigenvalue weighted by Crippen LogP contribution is -2.93. The normalized spacial score (nSPS) is 16.7. The molecule has 2 aromatic carbocycles. The molecule has 3 rings (SSSR count). The minimum atomic E-state index is -0.0341. The van der Waals surface area contributed by atoms with Crippen LogP contribution in [-0.2, 0) is 24.3 Å². The second-order valence-electron chi connectivity index (χ2n) is 5.59. The van der Waals surface area contributed by atoms with E-state index in [-0.39, 0.29) is 11.9 Å². The molecule has 4 nitrogen and oxygen atoms in total. The van der Waals surface area contributed by atoms with Crippen LogP contribution in [0.15, 0.2) is 48.5 Å². The largest absolute Gasteiger partial charge is 0.497 e. The molecule has 1 amide bonds. The molecule has 1 heterocycles. The quantitative estimate of drug-likeness (QED) is 0.884. The predicted molar refractivity (Wildman–Crippen MR) is 84.4 cm³/mol. The molecule has 0 saturated carbocycles. The highest BCUT2D eigenvalue weighted by molar-refractivity contribution is 5.80. The van der Waals surface area contributed by atoms with Crippen LogP contribution in [0.2, 0.25) is 0 Å². The van der Waals surface area contributed by atoms with Crippen LogP contribution in [0.5, 0.6) is 5.75 Å². The number of carbonyl (C=O) groups is 1. The van der Waals surface area contributed by atoms with Crippen molar-refractivity contribution >= 4 is 5.91 Å². The van der Waals surface area contributed by atoms with Crippen molar-refractivity contribution in [3.05, 3.63) is 65.2 Å². The summed E-state index contributed by atoms with van der Waals surface area (Å²) in [6.45, 7) is 1.42. The number of nitrogens with two attached hydrogens (primary N) is 1. The summed E-state index contributed by atoms with van der Waals surface area (Å²) in [5, 5.41) is 5.14. The Labute approximate surface area is 130 Å². The first-order valence-corrected chi connectivity index (χ1v) is 7.57. The van der Waals surface area contributed by atoms with E-state index in [0.717, 1.165) is 24.3 Å². The van der Waals surface area contributed by atoms with Gasteiger partial charge in [-0.25, -0.2) is 0 Å². The van der Waals surface area contributed by atoms with Crippen molar-refractivity contribution in [1.29, 1.82) is 0 Å². The molecule has 0 unspecified atom stereocenters. The number of quaternary nitrogens is 1. The molecule has 0 radical (unpaired) electrons. The van der Waals surface area contributed by atoms with Crippen LogP contribution in [0, 0.1) is 0 Å². The number of hydrogen-bond donors (Lipinski definition) is 2. The number of hydrogen-bond acceptors (Lipinski definition) is 2. The van der Waals surface area contributed by atoms with Gasteiger partial charge in [0.2, 0.25) is 0 Å². The van der Waals surface area contributed by atoms with Crippen molar-refractivity contribution in [2.24, 2.45) is 0 Å². The zero-order valence-electron chi connectivity index (χ0n) is 12.7. The van der Waals surface area contributed by atoms with Gasteiger partial charge >= 0.3 is 0 Å². The van der Waals surface area contributed by atoms with E-state index >= 15 is 0 Å². The fourth-order valence-electron chi connectivity index (χ4n) is 2.81. The van der Waals surface area contributed by atoms with E-state index in [1.807, 2.05) is 30.3 Å². The van der Waals surface area contributed by atoms with Crippen LogP contribution >= 0.6 is 0 Å². The number of amides is 1. The Hall–Kier alpha value is -2.33. The van der Waals surface area contributed by atoms with Gasteiger partial charge in [0.25, 0.3) is 5.91 Å². The van der Waals surface area contributed by atoms with Gasteiger partial charge in [-0.15, -0.1) is 0 Å². The zero-order chi connectivity index (χ0) is 15.4. The molecular formula is C18H21N2O2+. The van der Waals surface area contributed by atoms with Gasteiger partial charge < -0.3 is 15.4 Å². The van der Waals surface area contributed by atoms with Gasteiger partial charge in [-0.1, -0.05) is 36.4 Å². The summed E-state index contributed by atoms with van der Waals surface area (Å²) in [6, 6.07) is 16.1. The standard InChI is InChI=1S/C18H20N2O2/c1-22-16-8-6-13(7-9-16)11-20-18(21)17-10-14-4-2-3-5-15(14)12-19-17/h2-9,17,19H,10-12H2,1H3,(H,20,21)/p+1/t17-/m0/s1. The molecule has 4 heteroatoms. The first-order valence-electron chi connectivity index (χ1n) is 7.57. The third-order valence-corrected chi connectivity index (χ3v) is 4.14. The van der Waals surface area contributed by atoms with E-state index in [9.17, 15) is 4.79 Å². The van der Waals surface area contributed by atoms with E-state index in [4.69, 9.17) is 4.74 Å². The van der Waals surface area contributed by atoms with Crippen LogP contribution in [-0.4, -0.2) is 19.1 Å². The smallest absolute Gasteiger partial charge is 0.278 e. The third-order valence-electron chi connectivity index (χ3n) is 4.14. The second-order valence-corrected chi connectivity index (χ2v) is 5.59. The summed E-state index contributed by atoms with van der Waals surface area (Å²) in [4.78, 5) is 12.3. The summed E-state index contributed by atoms with van der Waals surface area (Å²) in [7, 11) is 1.65. The summed E-state index contributed by atoms with van der Waals surface area (Å²) in [5.41, 5.74) is 3.70. The fourth-order valence-corrected chi connectivity index (χ4v) is 2.81. The second kappa shape index (κ2) is 6.62. The lowest BCUT2D eigenvalue weighted by Gasteiger charge is -2.22. The minimum absolute atomic E-state index is 0.0341. The Balaban J connectivity index is 1.56. The average molecular weight is 297 g/mol. The van der Waals surface area contributed by atoms with E-state index < -0.39 is 0 Å². The van der Waals surface area contributed by atoms with E-state index in [2.05, 4.69) is 28.8 Å². The lowest BCUT2D eigenvalue weighted by molar-refractivity contribution is -0.695. The van der Waals surface area contributed by atoms with Gasteiger partial charge in [-0.2, -0.15) is 0 Å². The number of nitrogens with one attached hydrogen (secondary N) is 1. The highest BCUT2D eigenvalue weighted by Crippen LogP contribution is 2.13. The van der Waals surface area contributed by atoms with Gasteiger partial charge in [0.1, 0.15) is 12.3 Å². The summed E-state index contributed by atoms with van der Waals surface area (Å²) in [6.07, 6.45) is 0.796. The molecule has 2 aromatic rings. The van der Waals surface area contributed by atoms with Gasteiger partial charge in [0.15, 0.2) is 6.04 Å². The molecule has 22 heavy (non-hydrogen) atoms. The fraction of sp³-hybridized carbons (Fsp3) is 0.278. The molecule has 0 bridgehead atoms. The summed E-state index contributed by atoms with van der Waals surface area (Å²) in [5.74, 6) is 0.928. The van der Waals surface area contributed by atoms with Crippen LogP contribution in [0.3, 0.4) is 0 Å². The van der Waals surface area contributed by atoms with Gasteiger partial charge in [-0.3, -0.25) is 4.79 Å². The summed E-state index contributed by atoms with van der Waals surface area (Å²) >= 11 is 0. The van der Waals surface area contributed by atoms with Crippen molar-refractivity contribution < 1.29 is 14.8 Å². The van der Waals surface area contributed by atoms with Crippen molar-refractivity contribution in [3.63, 3.8) is 0 Å². The molecule has 0 aliphatic carbocycles. The number of fused-ring (bicyclic) bond motifs is 1. The molecule has 1 aliphatic rings. The van der Waals surface area contributed by atoms with E-state index in [0.29, 0.717) is 6.54 Å². The maximum atomic E-state index is 12.3. The van der Waals surface area contributed by atoms with Crippen molar-refractivity contribution in [2.45, 2.75) is 25.6 Å². The maximum absolute atomic E-state index is 12.3. The topological polar surface area (TPSA) is 54.9 Å². The van der Waals surface area contributed by atoms with Gasteiger partial charge in [-0.05, 0) is 23.3 Å². The molecule has 1 aliphatic heterocycles. The highest BCUT2D eigenvalue weighted by atomic mass is 16.5. The molecule has 0 fully saturated rings. The van der Waals surface area contributed by atoms with Crippen LogP contribution in [0.1, 0.15) is 16.7 Å². The van der Waals surface area contributed by atoms with Crippen molar-refractivity contribution in [3.8, 4) is 5.75 Å². The predicted octanol–water partition coefficient (Wildman–Crippen LogP) is 1.000. The Kier molecular flexibility index (Phi) is 4.39. The highest BCUT2D eigenvalue weighted by Gasteiger charge is 2.27. The molecule has 114 valence electrons. The molecule has 1 atom stereocenters. The van der Waals surface area contributed by atoms with E-state index in [1.165, 1.54) is 11.1 Å². The molecule has 0 aromatic heterocycles. The van der Waals surface area contributed by atoms with Crippen molar-refractivity contribution in [1.82, 2.24) is 5.32 Å². The van der Waals surface area contributed by atoms with Crippen molar-refractivity contribution in [2.75, 3.05) is 7.11 Å². The molecule has 0 spiro atoms. The third kappa shape index (κ3) is 3.28. The number of methoxy groups -OCH3 is 1. The number of carbonyl (C=O) groups excluding carboxylic acids is 1.